The second-order valence-corrected chi connectivity index (χ2v) is 5.24. The SMILES string of the molecule is CCN(CC)C(CNCc1ncc[nH]1)c1ccsc1. The monoisotopic (exact) mass is 278 g/mol. The molecule has 2 aromatic heterocycles. The highest BCUT2D eigenvalue weighted by atomic mass is 32.1. The molecule has 104 valence electrons. The predicted molar refractivity (Wildman–Crippen MR) is 80.3 cm³/mol. The van der Waals surface area contributed by atoms with Gasteiger partial charge in [0.2, 0.25) is 0 Å². The van der Waals surface area contributed by atoms with E-state index >= 15 is 0 Å². The van der Waals surface area contributed by atoms with Gasteiger partial charge in [-0.3, -0.25) is 4.90 Å². The standard InChI is InChI=1S/C14H22N4S/c1-3-18(4-2)13(12-5-8-19-11-12)9-15-10-14-16-6-7-17-14/h5-8,11,13,15H,3-4,9-10H2,1-2H3,(H,16,17). The Labute approximate surface area is 118 Å². The van der Waals surface area contributed by atoms with Gasteiger partial charge in [0.15, 0.2) is 0 Å². The molecule has 0 aliphatic rings. The van der Waals surface area contributed by atoms with E-state index in [9.17, 15) is 0 Å². The Morgan fingerprint density at radius 2 is 2.26 bits per heavy atom. The Kier molecular flexibility index (Phi) is 5.57. The minimum atomic E-state index is 0.441. The average molecular weight is 278 g/mol. The van der Waals surface area contributed by atoms with E-state index in [0.29, 0.717) is 6.04 Å². The summed E-state index contributed by atoms with van der Waals surface area (Å²) in [6.45, 7) is 8.30. The van der Waals surface area contributed by atoms with Crippen molar-refractivity contribution in [2.24, 2.45) is 0 Å². The van der Waals surface area contributed by atoms with Gasteiger partial charge in [-0.2, -0.15) is 11.3 Å². The number of aromatic amines is 1. The summed E-state index contributed by atoms with van der Waals surface area (Å²) in [6.07, 6.45) is 3.65. The van der Waals surface area contributed by atoms with Crippen molar-refractivity contribution >= 4 is 11.3 Å². The molecule has 0 spiro atoms. The van der Waals surface area contributed by atoms with Gasteiger partial charge < -0.3 is 10.3 Å². The molecule has 2 heterocycles. The molecule has 0 aliphatic heterocycles. The second-order valence-electron chi connectivity index (χ2n) is 4.46. The molecule has 2 aromatic rings. The maximum atomic E-state index is 4.23. The number of rotatable bonds is 8. The van der Waals surface area contributed by atoms with Gasteiger partial charge in [0.25, 0.3) is 0 Å². The third-order valence-corrected chi connectivity index (χ3v) is 4.07. The Hall–Kier alpha value is -1.17. The minimum Gasteiger partial charge on any atom is -0.348 e. The van der Waals surface area contributed by atoms with Crippen LogP contribution in [0.15, 0.2) is 29.2 Å². The molecule has 0 fully saturated rings. The van der Waals surface area contributed by atoms with E-state index in [0.717, 1.165) is 32.0 Å². The van der Waals surface area contributed by atoms with E-state index in [1.165, 1.54) is 5.56 Å². The lowest BCUT2D eigenvalue weighted by Crippen LogP contribution is -2.35. The largest absolute Gasteiger partial charge is 0.348 e. The summed E-state index contributed by atoms with van der Waals surface area (Å²) in [5.74, 6) is 0.989. The van der Waals surface area contributed by atoms with Crippen LogP contribution >= 0.6 is 11.3 Å². The van der Waals surface area contributed by atoms with Gasteiger partial charge in [0, 0.05) is 25.0 Å². The molecule has 4 nitrogen and oxygen atoms in total. The highest BCUT2D eigenvalue weighted by molar-refractivity contribution is 7.07. The Morgan fingerprint density at radius 3 is 2.84 bits per heavy atom. The molecule has 0 amide bonds. The van der Waals surface area contributed by atoms with Crippen LogP contribution in [0.3, 0.4) is 0 Å². The van der Waals surface area contributed by atoms with E-state index in [1.807, 2.05) is 6.20 Å². The molecule has 0 saturated carbocycles. The first-order valence-corrected chi connectivity index (χ1v) is 7.74. The summed E-state index contributed by atoms with van der Waals surface area (Å²) in [5, 5.41) is 7.89. The number of nitrogens with one attached hydrogen (secondary N) is 2. The molecule has 0 aromatic carbocycles. The lowest BCUT2D eigenvalue weighted by Gasteiger charge is -2.29. The zero-order valence-corrected chi connectivity index (χ0v) is 12.4. The van der Waals surface area contributed by atoms with Crippen LogP contribution in [0.4, 0.5) is 0 Å². The Balaban J connectivity index is 1.94. The van der Waals surface area contributed by atoms with Crippen molar-refractivity contribution in [3.05, 3.63) is 40.6 Å². The number of nitrogens with zero attached hydrogens (tertiary/aromatic N) is 2. The van der Waals surface area contributed by atoms with Crippen LogP contribution in [0, 0.1) is 0 Å². The first kappa shape index (κ1) is 14.2. The quantitative estimate of drug-likeness (QED) is 0.780. The Bertz CT molecular complexity index is 434. The fraction of sp³-hybridized carbons (Fsp3) is 0.500. The third-order valence-electron chi connectivity index (χ3n) is 3.37. The average Bonchev–Trinajstić information content (AvgIpc) is 3.11. The van der Waals surface area contributed by atoms with Crippen LogP contribution < -0.4 is 5.32 Å². The molecule has 1 atom stereocenters. The van der Waals surface area contributed by atoms with E-state index in [-0.39, 0.29) is 0 Å². The molecular formula is C14H22N4S. The van der Waals surface area contributed by atoms with Gasteiger partial charge in [0.05, 0.1) is 6.54 Å². The van der Waals surface area contributed by atoms with E-state index in [4.69, 9.17) is 0 Å². The maximum absolute atomic E-state index is 4.23. The number of aromatic nitrogens is 2. The number of likely N-dealkylation sites (N-methyl/N-ethyl adjacent to an activating group) is 1. The van der Waals surface area contributed by atoms with Crippen LogP contribution in [0.2, 0.25) is 0 Å². The van der Waals surface area contributed by atoms with Crippen LogP contribution in [-0.2, 0) is 6.54 Å². The number of H-pyrrole nitrogens is 1. The van der Waals surface area contributed by atoms with Crippen LogP contribution in [0.5, 0.6) is 0 Å². The molecule has 1 unspecified atom stereocenters. The number of thiophene rings is 1. The molecular weight excluding hydrogens is 256 g/mol. The van der Waals surface area contributed by atoms with Gasteiger partial charge in [0.1, 0.15) is 5.82 Å². The fourth-order valence-corrected chi connectivity index (χ4v) is 3.02. The molecule has 0 bridgehead atoms. The lowest BCUT2D eigenvalue weighted by molar-refractivity contribution is 0.213. The number of hydrogen-bond donors (Lipinski definition) is 2. The summed E-state index contributed by atoms with van der Waals surface area (Å²) >= 11 is 1.76. The summed E-state index contributed by atoms with van der Waals surface area (Å²) in [7, 11) is 0. The van der Waals surface area contributed by atoms with E-state index in [1.54, 1.807) is 17.5 Å². The normalized spacial score (nSPS) is 13.0. The van der Waals surface area contributed by atoms with E-state index < -0.39 is 0 Å². The van der Waals surface area contributed by atoms with Crippen molar-refractivity contribution in [3.63, 3.8) is 0 Å². The molecule has 0 aliphatic carbocycles. The molecule has 2 N–H and O–H groups in total. The van der Waals surface area contributed by atoms with Crippen molar-refractivity contribution in [1.82, 2.24) is 20.2 Å². The van der Waals surface area contributed by atoms with Gasteiger partial charge in [-0.25, -0.2) is 4.98 Å². The van der Waals surface area contributed by atoms with Crippen molar-refractivity contribution in [2.45, 2.75) is 26.4 Å². The van der Waals surface area contributed by atoms with E-state index in [2.05, 4.69) is 50.9 Å². The third kappa shape index (κ3) is 3.89. The molecule has 5 heteroatoms. The van der Waals surface area contributed by atoms with Gasteiger partial charge >= 0.3 is 0 Å². The van der Waals surface area contributed by atoms with Gasteiger partial charge in [-0.1, -0.05) is 13.8 Å². The van der Waals surface area contributed by atoms with Crippen molar-refractivity contribution in [3.8, 4) is 0 Å². The van der Waals surface area contributed by atoms with Crippen molar-refractivity contribution < 1.29 is 0 Å². The summed E-state index contributed by atoms with van der Waals surface area (Å²) in [5.41, 5.74) is 1.40. The summed E-state index contributed by atoms with van der Waals surface area (Å²) in [4.78, 5) is 9.83. The minimum absolute atomic E-state index is 0.441. The summed E-state index contributed by atoms with van der Waals surface area (Å²) < 4.78 is 0. The highest BCUT2D eigenvalue weighted by Crippen LogP contribution is 2.22. The van der Waals surface area contributed by atoms with Crippen molar-refractivity contribution in [1.29, 1.82) is 0 Å². The lowest BCUT2D eigenvalue weighted by atomic mass is 10.1. The molecule has 2 rings (SSSR count). The zero-order chi connectivity index (χ0) is 13.5. The fourth-order valence-electron chi connectivity index (χ4n) is 2.31. The predicted octanol–water partition coefficient (Wildman–Crippen LogP) is 2.64. The molecule has 0 radical (unpaired) electrons. The zero-order valence-electron chi connectivity index (χ0n) is 11.6. The number of hydrogen-bond acceptors (Lipinski definition) is 4. The molecule has 19 heavy (non-hydrogen) atoms. The first-order chi connectivity index (χ1) is 9.35. The maximum Gasteiger partial charge on any atom is 0.120 e. The van der Waals surface area contributed by atoms with Gasteiger partial charge in [-0.15, -0.1) is 0 Å². The topological polar surface area (TPSA) is 44.0 Å². The van der Waals surface area contributed by atoms with Crippen LogP contribution in [-0.4, -0.2) is 34.5 Å². The second kappa shape index (κ2) is 7.43. The van der Waals surface area contributed by atoms with Crippen molar-refractivity contribution in [2.75, 3.05) is 19.6 Å². The smallest absolute Gasteiger partial charge is 0.120 e. The number of imidazole rings is 1. The summed E-state index contributed by atoms with van der Waals surface area (Å²) in [6, 6.07) is 2.67. The Morgan fingerprint density at radius 1 is 1.42 bits per heavy atom. The highest BCUT2D eigenvalue weighted by Gasteiger charge is 2.17. The van der Waals surface area contributed by atoms with Gasteiger partial charge in [-0.05, 0) is 35.5 Å². The first-order valence-electron chi connectivity index (χ1n) is 6.80. The van der Waals surface area contributed by atoms with Crippen LogP contribution in [0.1, 0.15) is 31.3 Å². The van der Waals surface area contributed by atoms with Crippen LogP contribution in [0.25, 0.3) is 0 Å². The molecule has 0 saturated heterocycles.